The zero-order chi connectivity index (χ0) is 15.2. The van der Waals surface area contributed by atoms with Crippen LogP contribution >= 0.6 is 11.6 Å². The highest BCUT2D eigenvalue weighted by Crippen LogP contribution is 2.18. The summed E-state index contributed by atoms with van der Waals surface area (Å²) in [5, 5.41) is 13.7. The van der Waals surface area contributed by atoms with Gasteiger partial charge in [0, 0.05) is 19.2 Å². The van der Waals surface area contributed by atoms with Gasteiger partial charge in [-0.05, 0) is 26.2 Å². The molecule has 1 aromatic heterocycles. The maximum Gasteiger partial charge on any atom is 0.158 e. The van der Waals surface area contributed by atoms with E-state index in [1.807, 2.05) is 13.8 Å². The van der Waals surface area contributed by atoms with Gasteiger partial charge < -0.3 is 15.2 Å². The van der Waals surface area contributed by atoms with Gasteiger partial charge in [-0.25, -0.2) is 9.97 Å². The van der Waals surface area contributed by atoms with Crippen molar-refractivity contribution in [1.29, 1.82) is 0 Å². The molecule has 20 heavy (non-hydrogen) atoms. The van der Waals surface area contributed by atoms with Crippen LogP contribution in [0.15, 0.2) is 6.07 Å². The Balaban J connectivity index is 2.65. The number of hydrogen-bond acceptors (Lipinski definition) is 5. The van der Waals surface area contributed by atoms with Gasteiger partial charge in [-0.15, -0.1) is 0 Å². The third-order valence-electron chi connectivity index (χ3n) is 2.67. The van der Waals surface area contributed by atoms with E-state index >= 15 is 0 Å². The Morgan fingerprint density at radius 1 is 1.45 bits per heavy atom. The molecule has 0 saturated heterocycles. The van der Waals surface area contributed by atoms with Crippen LogP contribution in [-0.2, 0) is 11.3 Å². The predicted molar refractivity (Wildman–Crippen MR) is 80.9 cm³/mol. The lowest BCUT2D eigenvalue weighted by atomic mass is 9.94. The smallest absolute Gasteiger partial charge is 0.158 e. The van der Waals surface area contributed by atoms with Gasteiger partial charge in [0.15, 0.2) is 5.82 Å². The van der Waals surface area contributed by atoms with Gasteiger partial charge >= 0.3 is 0 Å². The summed E-state index contributed by atoms with van der Waals surface area (Å²) in [6, 6.07) is 1.64. The Kier molecular flexibility index (Phi) is 6.65. The van der Waals surface area contributed by atoms with E-state index < -0.39 is 5.60 Å². The zero-order valence-corrected chi connectivity index (χ0v) is 13.4. The first-order chi connectivity index (χ1) is 9.32. The van der Waals surface area contributed by atoms with Crippen molar-refractivity contribution in [2.45, 2.75) is 46.3 Å². The van der Waals surface area contributed by atoms with Crippen molar-refractivity contribution < 1.29 is 9.84 Å². The molecule has 0 radical (unpaired) electrons. The van der Waals surface area contributed by atoms with Crippen molar-refractivity contribution in [3.8, 4) is 0 Å². The standard InChI is InChI=1S/C14H24ClN3O2/c1-5-20-8-13-17-11(15)6-12(18-13)16-9-14(4,19)7-10(2)3/h6,10,19H,5,7-9H2,1-4H3,(H,16,17,18). The molecule has 5 nitrogen and oxygen atoms in total. The summed E-state index contributed by atoms with van der Waals surface area (Å²) < 4.78 is 5.27. The average molecular weight is 302 g/mol. The lowest BCUT2D eigenvalue weighted by Crippen LogP contribution is -2.35. The summed E-state index contributed by atoms with van der Waals surface area (Å²) in [5.74, 6) is 1.56. The van der Waals surface area contributed by atoms with E-state index in [0.29, 0.717) is 48.9 Å². The second kappa shape index (κ2) is 7.76. The monoisotopic (exact) mass is 301 g/mol. The van der Waals surface area contributed by atoms with E-state index in [1.54, 1.807) is 6.07 Å². The second-order valence-electron chi connectivity index (χ2n) is 5.58. The van der Waals surface area contributed by atoms with Gasteiger partial charge in [0.2, 0.25) is 0 Å². The van der Waals surface area contributed by atoms with Gasteiger partial charge in [0.25, 0.3) is 0 Å². The number of halogens is 1. The molecular weight excluding hydrogens is 278 g/mol. The van der Waals surface area contributed by atoms with Crippen LogP contribution in [0.5, 0.6) is 0 Å². The van der Waals surface area contributed by atoms with Crippen molar-refractivity contribution in [2.24, 2.45) is 5.92 Å². The van der Waals surface area contributed by atoms with Crippen molar-refractivity contribution in [3.63, 3.8) is 0 Å². The van der Waals surface area contributed by atoms with Gasteiger partial charge in [-0.1, -0.05) is 25.4 Å². The topological polar surface area (TPSA) is 67.3 Å². The third-order valence-corrected chi connectivity index (χ3v) is 2.87. The zero-order valence-electron chi connectivity index (χ0n) is 12.6. The Morgan fingerprint density at radius 2 is 2.15 bits per heavy atom. The molecule has 0 aromatic carbocycles. The molecule has 0 aliphatic heterocycles. The number of rotatable bonds is 8. The molecule has 0 aliphatic rings. The molecule has 0 amide bonds. The van der Waals surface area contributed by atoms with Gasteiger partial charge in [0.05, 0.1) is 5.60 Å². The Hall–Kier alpha value is -0.910. The minimum Gasteiger partial charge on any atom is -0.388 e. The Morgan fingerprint density at radius 3 is 2.75 bits per heavy atom. The van der Waals surface area contributed by atoms with Crippen LogP contribution in [0.3, 0.4) is 0 Å². The molecule has 0 fully saturated rings. The van der Waals surface area contributed by atoms with Crippen LogP contribution in [0.4, 0.5) is 5.82 Å². The molecule has 2 N–H and O–H groups in total. The Bertz CT molecular complexity index is 425. The van der Waals surface area contributed by atoms with Crippen molar-refractivity contribution >= 4 is 17.4 Å². The largest absolute Gasteiger partial charge is 0.388 e. The first-order valence-corrected chi connectivity index (χ1v) is 7.27. The molecule has 6 heteroatoms. The van der Waals surface area contributed by atoms with Crippen molar-refractivity contribution in [3.05, 3.63) is 17.0 Å². The highest BCUT2D eigenvalue weighted by atomic mass is 35.5. The highest BCUT2D eigenvalue weighted by molar-refractivity contribution is 6.29. The van der Waals surface area contributed by atoms with Gasteiger partial charge in [-0.2, -0.15) is 0 Å². The predicted octanol–water partition coefficient (Wildman–Crippen LogP) is 2.88. The summed E-state index contributed by atoms with van der Waals surface area (Å²) in [7, 11) is 0. The van der Waals surface area contributed by atoms with Crippen LogP contribution in [0.25, 0.3) is 0 Å². The summed E-state index contributed by atoms with van der Waals surface area (Å²) in [4.78, 5) is 8.40. The van der Waals surface area contributed by atoms with Gasteiger partial charge in [-0.3, -0.25) is 0 Å². The first kappa shape index (κ1) is 17.1. The van der Waals surface area contributed by atoms with Crippen molar-refractivity contribution in [2.75, 3.05) is 18.5 Å². The fourth-order valence-electron chi connectivity index (χ4n) is 2.05. The van der Waals surface area contributed by atoms with Crippen LogP contribution in [-0.4, -0.2) is 33.8 Å². The quantitative estimate of drug-likeness (QED) is 0.723. The molecule has 1 rings (SSSR count). The van der Waals surface area contributed by atoms with E-state index in [0.717, 1.165) is 0 Å². The third kappa shape index (κ3) is 6.50. The molecule has 0 spiro atoms. The summed E-state index contributed by atoms with van der Waals surface area (Å²) in [6.45, 7) is 9.21. The molecule has 0 bridgehead atoms. The number of nitrogens with one attached hydrogen (secondary N) is 1. The van der Waals surface area contributed by atoms with Gasteiger partial charge in [0.1, 0.15) is 17.6 Å². The molecule has 1 heterocycles. The number of hydrogen-bond donors (Lipinski definition) is 2. The Labute approximate surface area is 125 Å². The highest BCUT2D eigenvalue weighted by Gasteiger charge is 2.21. The molecule has 0 aliphatic carbocycles. The first-order valence-electron chi connectivity index (χ1n) is 6.90. The maximum atomic E-state index is 10.3. The second-order valence-corrected chi connectivity index (χ2v) is 5.96. The summed E-state index contributed by atoms with van der Waals surface area (Å²) in [5.41, 5.74) is -0.786. The molecule has 1 unspecified atom stereocenters. The number of anilines is 1. The maximum absolute atomic E-state index is 10.3. The molecular formula is C14H24ClN3O2. The lowest BCUT2D eigenvalue weighted by molar-refractivity contribution is 0.0514. The lowest BCUT2D eigenvalue weighted by Gasteiger charge is -2.25. The fourth-order valence-corrected chi connectivity index (χ4v) is 2.25. The normalized spacial score (nSPS) is 14.3. The van der Waals surface area contributed by atoms with Crippen LogP contribution in [0, 0.1) is 5.92 Å². The van der Waals surface area contributed by atoms with E-state index in [2.05, 4.69) is 29.1 Å². The van der Waals surface area contributed by atoms with E-state index in [-0.39, 0.29) is 0 Å². The van der Waals surface area contributed by atoms with E-state index in [9.17, 15) is 5.11 Å². The van der Waals surface area contributed by atoms with Crippen LogP contribution in [0.2, 0.25) is 5.15 Å². The molecule has 114 valence electrons. The number of nitrogens with zero attached hydrogens (tertiary/aromatic N) is 2. The van der Waals surface area contributed by atoms with Crippen LogP contribution in [0.1, 0.15) is 39.9 Å². The van der Waals surface area contributed by atoms with E-state index in [1.165, 1.54) is 0 Å². The summed E-state index contributed by atoms with van der Waals surface area (Å²) >= 11 is 5.95. The minimum absolute atomic E-state index is 0.328. The molecule has 1 aromatic rings. The summed E-state index contributed by atoms with van der Waals surface area (Å²) in [6.07, 6.45) is 0.713. The number of ether oxygens (including phenoxy) is 1. The fraction of sp³-hybridized carbons (Fsp3) is 0.714. The number of aromatic nitrogens is 2. The number of aliphatic hydroxyl groups is 1. The molecule has 1 atom stereocenters. The van der Waals surface area contributed by atoms with Crippen molar-refractivity contribution in [1.82, 2.24) is 9.97 Å². The minimum atomic E-state index is -0.786. The SMILES string of the molecule is CCOCc1nc(Cl)cc(NCC(C)(O)CC(C)C)n1. The molecule has 0 saturated carbocycles. The average Bonchev–Trinajstić information content (AvgIpc) is 2.32. The van der Waals surface area contributed by atoms with E-state index in [4.69, 9.17) is 16.3 Å². The van der Waals surface area contributed by atoms with Crippen LogP contribution < -0.4 is 5.32 Å².